The van der Waals surface area contributed by atoms with E-state index in [4.69, 9.17) is 23.2 Å². The Morgan fingerprint density at radius 3 is 2.60 bits per heavy atom. The Labute approximate surface area is 135 Å². The Bertz CT molecular complexity index is 551. The van der Waals surface area contributed by atoms with Gasteiger partial charge in [-0.25, -0.2) is 0 Å². The van der Waals surface area contributed by atoms with Crippen molar-refractivity contribution in [2.24, 2.45) is 5.92 Å². The molecule has 1 aromatic carbocycles. The van der Waals surface area contributed by atoms with Gasteiger partial charge in [-0.2, -0.15) is 0 Å². The van der Waals surface area contributed by atoms with Gasteiger partial charge in [0.1, 0.15) is 4.33 Å². The van der Waals surface area contributed by atoms with Crippen molar-refractivity contribution in [1.82, 2.24) is 4.90 Å². The van der Waals surface area contributed by atoms with Crippen LogP contribution in [0, 0.1) is 5.92 Å². The monoisotopic (exact) mass is 378 g/mol. The SMILES string of the molecule is CN(CC(=O)Nc1ccccc1Br)C(=O)C1CC1(Cl)Cl. The third-order valence-electron chi connectivity index (χ3n) is 3.03. The van der Waals surface area contributed by atoms with E-state index in [1.165, 1.54) is 4.90 Å². The third-order valence-corrected chi connectivity index (χ3v) is 4.56. The largest absolute Gasteiger partial charge is 0.336 e. The van der Waals surface area contributed by atoms with Crippen LogP contribution in [0.3, 0.4) is 0 Å². The van der Waals surface area contributed by atoms with Crippen LogP contribution >= 0.6 is 39.1 Å². The summed E-state index contributed by atoms with van der Waals surface area (Å²) in [4.78, 5) is 25.2. The zero-order valence-electron chi connectivity index (χ0n) is 10.7. The number of carbonyl (C=O) groups excluding carboxylic acids is 2. The van der Waals surface area contributed by atoms with Gasteiger partial charge in [0.25, 0.3) is 0 Å². The lowest BCUT2D eigenvalue weighted by atomic mass is 10.3. The van der Waals surface area contributed by atoms with Crippen LogP contribution in [-0.4, -0.2) is 34.6 Å². The molecule has 0 aliphatic heterocycles. The first-order valence-corrected chi connectivity index (χ1v) is 7.53. The molecule has 1 saturated carbocycles. The van der Waals surface area contributed by atoms with E-state index in [2.05, 4.69) is 21.2 Å². The number of anilines is 1. The molecule has 1 fully saturated rings. The predicted molar refractivity (Wildman–Crippen MR) is 83.0 cm³/mol. The number of hydrogen-bond acceptors (Lipinski definition) is 2. The molecule has 0 heterocycles. The molecule has 20 heavy (non-hydrogen) atoms. The summed E-state index contributed by atoms with van der Waals surface area (Å²) in [6.07, 6.45) is 0.436. The van der Waals surface area contributed by atoms with Gasteiger partial charge < -0.3 is 10.2 Å². The average molecular weight is 380 g/mol. The van der Waals surface area contributed by atoms with Crippen LogP contribution in [0.5, 0.6) is 0 Å². The van der Waals surface area contributed by atoms with Gasteiger partial charge in [-0.1, -0.05) is 12.1 Å². The first-order valence-electron chi connectivity index (χ1n) is 5.98. The quantitative estimate of drug-likeness (QED) is 0.817. The molecule has 0 radical (unpaired) electrons. The minimum absolute atomic E-state index is 0.0411. The lowest BCUT2D eigenvalue weighted by Gasteiger charge is -2.17. The maximum Gasteiger partial charge on any atom is 0.244 e. The zero-order valence-corrected chi connectivity index (χ0v) is 13.8. The van der Waals surface area contributed by atoms with Gasteiger partial charge >= 0.3 is 0 Å². The van der Waals surface area contributed by atoms with Gasteiger partial charge in [0.15, 0.2) is 0 Å². The van der Waals surface area contributed by atoms with Crippen LogP contribution < -0.4 is 5.32 Å². The standard InChI is InChI=1S/C13H13BrCl2N2O2/c1-18(12(20)8-6-13(8,15)16)7-11(19)17-10-5-3-2-4-9(10)14/h2-5,8H,6-7H2,1H3,(H,17,19). The third kappa shape index (κ3) is 3.65. The van der Waals surface area contributed by atoms with E-state index in [-0.39, 0.29) is 18.4 Å². The molecule has 2 rings (SSSR count). The number of amides is 2. The number of para-hydroxylation sites is 1. The van der Waals surface area contributed by atoms with E-state index < -0.39 is 10.3 Å². The topological polar surface area (TPSA) is 49.4 Å². The minimum Gasteiger partial charge on any atom is -0.336 e. The van der Waals surface area contributed by atoms with Crippen LogP contribution in [0.15, 0.2) is 28.7 Å². The van der Waals surface area contributed by atoms with Crippen molar-refractivity contribution in [3.8, 4) is 0 Å². The van der Waals surface area contributed by atoms with Crippen molar-refractivity contribution in [2.45, 2.75) is 10.8 Å². The molecule has 0 spiro atoms. The highest BCUT2D eigenvalue weighted by Crippen LogP contribution is 2.53. The van der Waals surface area contributed by atoms with Gasteiger partial charge in [0.2, 0.25) is 11.8 Å². The molecule has 4 nitrogen and oxygen atoms in total. The number of nitrogens with one attached hydrogen (secondary N) is 1. The van der Waals surface area contributed by atoms with E-state index in [1.807, 2.05) is 18.2 Å². The normalized spacial score (nSPS) is 19.3. The van der Waals surface area contributed by atoms with Gasteiger partial charge in [0.05, 0.1) is 18.2 Å². The first kappa shape index (κ1) is 15.6. The molecular formula is C13H13BrCl2N2O2. The molecule has 0 saturated heterocycles. The Morgan fingerprint density at radius 2 is 2.05 bits per heavy atom. The highest BCUT2D eigenvalue weighted by Gasteiger charge is 2.57. The van der Waals surface area contributed by atoms with E-state index in [0.29, 0.717) is 12.1 Å². The summed E-state index contributed by atoms with van der Waals surface area (Å²) in [5.74, 6) is -0.896. The summed E-state index contributed by atoms with van der Waals surface area (Å²) in [6.45, 7) is -0.0411. The number of benzene rings is 1. The van der Waals surface area contributed by atoms with Crippen LogP contribution in [0.1, 0.15) is 6.42 Å². The molecule has 1 unspecified atom stereocenters. The number of carbonyl (C=O) groups is 2. The molecule has 7 heteroatoms. The molecule has 1 aromatic rings. The average Bonchev–Trinajstić information content (AvgIpc) is 3.00. The van der Waals surface area contributed by atoms with Crippen molar-refractivity contribution < 1.29 is 9.59 Å². The van der Waals surface area contributed by atoms with E-state index in [9.17, 15) is 9.59 Å². The molecule has 0 bridgehead atoms. The fourth-order valence-corrected chi connectivity index (χ4v) is 2.67. The molecule has 2 amide bonds. The van der Waals surface area contributed by atoms with E-state index in [0.717, 1.165) is 4.47 Å². The van der Waals surface area contributed by atoms with Gasteiger partial charge in [-0.05, 0) is 34.5 Å². The number of likely N-dealkylation sites (N-methyl/N-ethyl adjacent to an activating group) is 1. The molecule has 1 N–H and O–H groups in total. The van der Waals surface area contributed by atoms with Crippen molar-refractivity contribution >= 4 is 56.6 Å². The Morgan fingerprint density at radius 1 is 1.45 bits per heavy atom. The van der Waals surface area contributed by atoms with Crippen LogP contribution in [0.25, 0.3) is 0 Å². The number of alkyl halides is 2. The van der Waals surface area contributed by atoms with E-state index >= 15 is 0 Å². The predicted octanol–water partition coefficient (Wildman–Crippen LogP) is 3.04. The maximum absolute atomic E-state index is 11.9. The summed E-state index contributed by atoms with van der Waals surface area (Å²) in [7, 11) is 1.56. The molecular weight excluding hydrogens is 367 g/mol. The van der Waals surface area contributed by atoms with E-state index in [1.54, 1.807) is 13.1 Å². The minimum atomic E-state index is -0.968. The van der Waals surface area contributed by atoms with Crippen molar-refractivity contribution in [1.29, 1.82) is 0 Å². The fraction of sp³-hybridized carbons (Fsp3) is 0.385. The van der Waals surface area contributed by atoms with Crippen molar-refractivity contribution in [3.63, 3.8) is 0 Å². The van der Waals surface area contributed by atoms with Crippen LogP contribution in [0.2, 0.25) is 0 Å². The summed E-state index contributed by atoms with van der Waals surface area (Å²) >= 11 is 15.0. The van der Waals surface area contributed by atoms with Crippen molar-refractivity contribution in [3.05, 3.63) is 28.7 Å². The summed E-state index contributed by atoms with van der Waals surface area (Å²) in [5, 5.41) is 2.73. The Kier molecular flexibility index (Phi) is 4.62. The van der Waals surface area contributed by atoms with Gasteiger partial charge in [-0.15, -0.1) is 23.2 Å². The summed E-state index contributed by atoms with van der Waals surface area (Å²) in [6, 6.07) is 7.26. The fourth-order valence-electron chi connectivity index (χ4n) is 1.79. The number of hydrogen-bond donors (Lipinski definition) is 1. The number of rotatable bonds is 4. The first-order chi connectivity index (χ1) is 9.31. The number of nitrogens with zero attached hydrogens (tertiary/aromatic N) is 1. The van der Waals surface area contributed by atoms with Crippen molar-refractivity contribution in [2.75, 3.05) is 18.9 Å². The van der Waals surface area contributed by atoms with Crippen LogP contribution in [0.4, 0.5) is 5.69 Å². The highest BCUT2D eigenvalue weighted by atomic mass is 79.9. The summed E-state index contributed by atoms with van der Waals surface area (Å²) < 4.78 is -0.186. The smallest absolute Gasteiger partial charge is 0.244 e. The molecule has 1 atom stereocenters. The molecule has 1 aliphatic carbocycles. The second kappa shape index (κ2) is 5.92. The lowest BCUT2D eigenvalue weighted by molar-refractivity contribution is -0.134. The van der Waals surface area contributed by atoms with Gasteiger partial charge in [-0.3, -0.25) is 9.59 Å². The zero-order chi connectivity index (χ0) is 14.9. The number of halogens is 3. The molecule has 0 aromatic heterocycles. The second-order valence-corrected chi connectivity index (χ2v) is 7.14. The molecule has 1 aliphatic rings. The van der Waals surface area contributed by atoms with Gasteiger partial charge in [0, 0.05) is 11.5 Å². The maximum atomic E-state index is 11.9. The molecule has 108 valence electrons. The Hall–Kier alpha value is -0.780. The highest BCUT2D eigenvalue weighted by molar-refractivity contribution is 9.10. The lowest BCUT2D eigenvalue weighted by Crippen LogP contribution is -2.36. The summed E-state index contributed by atoms with van der Waals surface area (Å²) in [5.41, 5.74) is 0.661. The van der Waals surface area contributed by atoms with Crippen LogP contribution in [-0.2, 0) is 9.59 Å². The second-order valence-electron chi connectivity index (χ2n) is 4.74. The Balaban J connectivity index is 1.89.